The highest BCUT2D eigenvalue weighted by molar-refractivity contribution is 9.10. The predicted octanol–water partition coefficient (Wildman–Crippen LogP) is 9.88. The molecular formula is C34H27Br. The summed E-state index contributed by atoms with van der Waals surface area (Å²) in [7, 11) is 0. The van der Waals surface area contributed by atoms with Gasteiger partial charge in [-0.15, -0.1) is 0 Å². The van der Waals surface area contributed by atoms with Crippen molar-refractivity contribution in [3.63, 3.8) is 0 Å². The summed E-state index contributed by atoms with van der Waals surface area (Å²) in [5, 5.41) is 2.61. The summed E-state index contributed by atoms with van der Waals surface area (Å²) in [5.74, 6) is 0. The number of fused-ring (bicyclic) bond motifs is 7. The molecule has 0 unspecified atom stereocenters. The monoisotopic (exact) mass is 514 g/mol. The summed E-state index contributed by atoms with van der Waals surface area (Å²) in [4.78, 5) is 0. The first-order valence-electron chi connectivity index (χ1n) is 12.4. The van der Waals surface area contributed by atoms with Gasteiger partial charge in [0, 0.05) is 15.3 Å². The van der Waals surface area contributed by atoms with Crippen LogP contribution in [0, 0.1) is 0 Å². The van der Waals surface area contributed by atoms with Crippen LogP contribution in [0.15, 0.2) is 95.5 Å². The average molecular weight is 515 g/mol. The molecule has 0 radical (unpaired) electrons. The van der Waals surface area contributed by atoms with Gasteiger partial charge in [-0.25, -0.2) is 0 Å². The molecule has 2 aliphatic carbocycles. The topological polar surface area (TPSA) is 0 Å². The Morgan fingerprint density at radius 2 is 1.06 bits per heavy atom. The van der Waals surface area contributed by atoms with E-state index in [0.29, 0.717) is 0 Å². The average Bonchev–Trinajstić information content (AvgIpc) is 3.21. The standard InChI is InChI=1S/C34H27Br/c1-33(2)30-13-11-21(16-27(30)28-19-24(35)12-14-31(28)33)20-9-10-22-18-32-26(17-23(22)15-20)25-7-5-6-8-29(25)34(32,3)4/h5-19H,1-4H3. The van der Waals surface area contributed by atoms with Crippen LogP contribution in [-0.2, 0) is 10.8 Å². The molecule has 0 saturated carbocycles. The third-order valence-corrected chi connectivity index (χ3v) is 9.01. The van der Waals surface area contributed by atoms with Crippen LogP contribution in [0.25, 0.3) is 44.2 Å². The highest BCUT2D eigenvalue weighted by atomic mass is 79.9. The third kappa shape index (κ3) is 2.85. The van der Waals surface area contributed by atoms with E-state index in [4.69, 9.17) is 0 Å². The second-order valence-electron chi connectivity index (χ2n) is 11.2. The summed E-state index contributed by atoms with van der Waals surface area (Å²) >= 11 is 3.69. The molecule has 35 heavy (non-hydrogen) atoms. The second-order valence-corrected chi connectivity index (χ2v) is 12.1. The van der Waals surface area contributed by atoms with E-state index in [1.165, 1.54) is 66.4 Å². The Kier molecular flexibility index (Phi) is 4.20. The summed E-state index contributed by atoms with van der Waals surface area (Å²) in [5.41, 5.74) is 13.7. The molecule has 0 fully saturated rings. The van der Waals surface area contributed by atoms with Crippen LogP contribution in [0.2, 0.25) is 0 Å². The minimum Gasteiger partial charge on any atom is -0.0619 e. The van der Waals surface area contributed by atoms with Gasteiger partial charge in [-0.2, -0.15) is 0 Å². The maximum absolute atomic E-state index is 3.69. The highest BCUT2D eigenvalue weighted by Gasteiger charge is 2.36. The van der Waals surface area contributed by atoms with Crippen LogP contribution in [0.3, 0.4) is 0 Å². The Labute approximate surface area is 215 Å². The van der Waals surface area contributed by atoms with Crippen molar-refractivity contribution >= 4 is 26.7 Å². The zero-order valence-corrected chi connectivity index (χ0v) is 22.1. The molecule has 0 aliphatic heterocycles. The van der Waals surface area contributed by atoms with Gasteiger partial charge < -0.3 is 0 Å². The molecule has 0 N–H and O–H groups in total. The lowest BCUT2D eigenvalue weighted by Crippen LogP contribution is -2.14. The molecule has 2 aliphatic rings. The molecular weight excluding hydrogens is 488 g/mol. The van der Waals surface area contributed by atoms with Gasteiger partial charge >= 0.3 is 0 Å². The van der Waals surface area contributed by atoms with Crippen molar-refractivity contribution in [1.29, 1.82) is 0 Å². The minimum atomic E-state index is 0.0219. The van der Waals surface area contributed by atoms with Crippen molar-refractivity contribution in [3.05, 3.63) is 118 Å². The van der Waals surface area contributed by atoms with Crippen molar-refractivity contribution in [2.45, 2.75) is 38.5 Å². The summed E-state index contributed by atoms with van der Waals surface area (Å²) < 4.78 is 1.13. The van der Waals surface area contributed by atoms with Gasteiger partial charge in [-0.05, 0) is 103 Å². The van der Waals surface area contributed by atoms with E-state index in [-0.39, 0.29) is 10.8 Å². The highest BCUT2D eigenvalue weighted by Crippen LogP contribution is 2.51. The maximum Gasteiger partial charge on any atom is 0.0181 e. The molecule has 0 spiro atoms. The Hall–Kier alpha value is -3.16. The van der Waals surface area contributed by atoms with Crippen LogP contribution < -0.4 is 0 Å². The van der Waals surface area contributed by atoms with Gasteiger partial charge in [0.1, 0.15) is 0 Å². The molecule has 5 aromatic rings. The summed E-state index contributed by atoms with van der Waals surface area (Å²) in [6, 6.07) is 34.4. The van der Waals surface area contributed by atoms with E-state index in [9.17, 15) is 0 Å². The lowest BCUT2D eigenvalue weighted by Gasteiger charge is -2.22. The van der Waals surface area contributed by atoms with Crippen LogP contribution in [-0.4, -0.2) is 0 Å². The first kappa shape index (κ1) is 21.1. The lowest BCUT2D eigenvalue weighted by molar-refractivity contribution is 0.660. The van der Waals surface area contributed by atoms with Gasteiger partial charge in [0.05, 0.1) is 0 Å². The van der Waals surface area contributed by atoms with Gasteiger partial charge in [0.2, 0.25) is 0 Å². The third-order valence-electron chi connectivity index (χ3n) is 8.51. The molecule has 0 heterocycles. The molecule has 1 heteroatoms. The summed E-state index contributed by atoms with van der Waals surface area (Å²) in [6.07, 6.45) is 0. The van der Waals surface area contributed by atoms with E-state index in [1.807, 2.05) is 0 Å². The van der Waals surface area contributed by atoms with E-state index in [1.54, 1.807) is 0 Å². The maximum atomic E-state index is 3.69. The molecule has 5 aromatic carbocycles. The molecule has 0 nitrogen and oxygen atoms in total. The second kappa shape index (κ2) is 6.95. The zero-order valence-electron chi connectivity index (χ0n) is 20.5. The van der Waals surface area contributed by atoms with Crippen LogP contribution in [0.5, 0.6) is 0 Å². The van der Waals surface area contributed by atoms with E-state index in [2.05, 4.69) is 135 Å². The SMILES string of the molecule is CC1(C)c2ccc(Br)cc2-c2cc(-c3ccc4cc5c(cc4c3)-c3ccccc3C5(C)C)ccc21. The fraction of sp³-hybridized carbons (Fsp3) is 0.176. The quantitative estimate of drug-likeness (QED) is 0.208. The van der Waals surface area contributed by atoms with Gasteiger partial charge in [0.25, 0.3) is 0 Å². The molecule has 7 rings (SSSR count). The lowest BCUT2D eigenvalue weighted by atomic mass is 9.81. The van der Waals surface area contributed by atoms with Crippen molar-refractivity contribution in [2.24, 2.45) is 0 Å². The Morgan fingerprint density at radius 3 is 1.89 bits per heavy atom. The Balaban J connectivity index is 1.39. The predicted molar refractivity (Wildman–Crippen MR) is 152 cm³/mol. The van der Waals surface area contributed by atoms with Crippen LogP contribution in [0.4, 0.5) is 0 Å². The molecule has 0 amide bonds. The first-order valence-corrected chi connectivity index (χ1v) is 13.2. The zero-order chi connectivity index (χ0) is 24.1. The van der Waals surface area contributed by atoms with E-state index >= 15 is 0 Å². The number of halogens is 1. The van der Waals surface area contributed by atoms with Crippen molar-refractivity contribution in [3.8, 4) is 33.4 Å². The normalized spacial score (nSPS) is 16.0. The molecule has 0 atom stereocenters. The fourth-order valence-corrected chi connectivity index (χ4v) is 6.91. The first-order chi connectivity index (χ1) is 16.7. The summed E-state index contributed by atoms with van der Waals surface area (Å²) in [6.45, 7) is 9.36. The minimum absolute atomic E-state index is 0.0219. The van der Waals surface area contributed by atoms with Gasteiger partial charge in [-0.3, -0.25) is 0 Å². The van der Waals surface area contributed by atoms with E-state index < -0.39 is 0 Å². The van der Waals surface area contributed by atoms with Crippen LogP contribution in [0.1, 0.15) is 49.9 Å². The smallest absolute Gasteiger partial charge is 0.0181 e. The Bertz CT molecular complexity index is 1700. The molecule has 170 valence electrons. The van der Waals surface area contributed by atoms with Gasteiger partial charge in [-0.1, -0.05) is 98.2 Å². The van der Waals surface area contributed by atoms with E-state index in [0.717, 1.165) is 4.47 Å². The number of hydrogen-bond acceptors (Lipinski definition) is 0. The van der Waals surface area contributed by atoms with Crippen molar-refractivity contribution in [1.82, 2.24) is 0 Å². The number of hydrogen-bond donors (Lipinski definition) is 0. The largest absolute Gasteiger partial charge is 0.0619 e. The Morgan fingerprint density at radius 1 is 0.457 bits per heavy atom. The number of benzene rings is 5. The fourth-order valence-electron chi connectivity index (χ4n) is 6.55. The molecule has 0 saturated heterocycles. The molecule has 0 aromatic heterocycles. The van der Waals surface area contributed by atoms with Crippen molar-refractivity contribution in [2.75, 3.05) is 0 Å². The van der Waals surface area contributed by atoms with Crippen LogP contribution >= 0.6 is 15.9 Å². The van der Waals surface area contributed by atoms with Gasteiger partial charge in [0.15, 0.2) is 0 Å². The van der Waals surface area contributed by atoms with Crippen molar-refractivity contribution < 1.29 is 0 Å². The number of rotatable bonds is 1. The molecule has 0 bridgehead atoms.